The summed E-state index contributed by atoms with van der Waals surface area (Å²) in [7, 11) is 0. The van der Waals surface area contributed by atoms with Gasteiger partial charge in [-0.05, 0) is 24.6 Å². The molecule has 1 aliphatic rings. The van der Waals surface area contributed by atoms with Crippen molar-refractivity contribution < 1.29 is 14.6 Å². The van der Waals surface area contributed by atoms with E-state index in [9.17, 15) is 5.11 Å². The molecule has 0 aromatic heterocycles. The summed E-state index contributed by atoms with van der Waals surface area (Å²) < 4.78 is 11.7. The van der Waals surface area contributed by atoms with Gasteiger partial charge < -0.3 is 14.6 Å². The molecule has 128 valence electrons. The molecule has 1 heterocycles. The molecule has 1 fully saturated rings. The smallest absolute Gasteiger partial charge is 0.119 e. The molecule has 1 N–H and O–H groups in total. The van der Waals surface area contributed by atoms with Crippen molar-refractivity contribution in [1.82, 2.24) is 4.90 Å². The fourth-order valence-corrected chi connectivity index (χ4v) is 3.13. The van der Waals surface area contributed by atoms with Gasteiger partial charge in [0.15, 0.2) is 0 Å². The van der Waals surface area contributed by atoms with E-state index in [4.69, 9.17) is 9.47 Å². The van der Waals surface area contributed by atoms with Crippen molar-refractivity contribution in [3.05, 3.63) is 66.2 Å². The maximum absolute atomic E-state index is 10.3. The molecule has 2 aromatic rings. The minimum atomic E-state index is -0.525. The molecular weight excluding hydrogens is 302 g/mol. The predicted octanol–water partition coefficient (Wildman–Crippen LogP) is 2.67. The molecule has 1 aliphatic heterocycles. The van der Waals surface area contributed by atoms with Crippen molar-refractivity contribution in [1.29, 1.82) is 0 Å². The van der Waals surface area contributed by atoms with Crippen LogP contribution < -0.4 is 4.74 Å². The van der Waals surface area contributed by atoms with E-state index in [0.717, 1.165) is 18.8 Å². The molecule has 3 rings (SSSR count). The summed E-state index contributed by atoms with van der Waals surface area (Å²) in [5.41, 5.74) is 0.837. The molecule has 2 aromatic carbocycles. The van der Waals surface area contributed by atoms with Gasteiger partial charge in [-0.25, -0.2) is 0 Å². The second-order valence-corrected chi connectivity index (χ2v) is 6.46. The van der Waals surface area contributed by atoms with E-state index in [2.05, 4.69) is 24.0 Å². The molecule has 4 heteroatoms. The molecule has 0 radical (unpaired) electrons. The van der Waals surface area contributed by atoms with Gasteiger partial charge in [0.05, 0.1) is 6.61 Å². The lowest BCUT2D eigenvalue weighted by Crippen LogP contribution is -2.50. The summed E-state index contributed by atoms with van der Waals surface area (Å²) in [4.78, 5) is 2.25. The zero-order valence-corrected chi connectivity index (χ0v) is 14.1. The van der Waals surface area contributed by atoms with Gasteiger partial charge in [0.1, 0.15) is 24.1 Å². The number of rotatable bonds is 6. The minimum Gasteiger partial charge on any atom is -0.491 e. The second kappa shape index (κ2) is 7.79. The summed E-state index contributed by atoms with van der Waals surface area (Å²) in [6, 6.07) is 19.9. The number of hydrogen-bond acceptors (Lipinski definition) is 4. The monoisotopic (exact) mass is 327 g/mol. The van der Waals surface area contributed by atoms with Crippen LogP contribution in [0.1, 0.15) is 12.5 Å². The number of morpholine rings is 1. The molecule has 0 saturated carbocycles. The van der Waals surface area contributed by atoms with Gasteiger partial charge in [0, 0.05) is 19.6 Å². The number of aliphatic hydroxyl groups excluding tert-OH is 1. The van der Waals surface area contributed by atoms with Crippen molar-refractivity contribution >= 4 is 0 Å². The number of hydrogen-bond donors (Lipinski definition) is 1. The quantitative estimate of drug-likeness (QED) is 0.886. The predicted molar refractivity (Wildman–Crippen MR) is 94.1 cm³/mol. The Labute approximate surface area is 143 Å². The van der Waals surface area contributed by atoms with Crippen LogP contribution in [-0.2, 0) is 10.3 Å². The summed E-state index contributed by atoms with van der Waals surface area (Å²) in [5.74, 6) is 0.785. The number of aliphatic hydroxyl groups is 1. The first-order valence-electron chi connectivity index (χ1n) is 8.43. The number of nitrogens with zero attached hydrogens (tertiary/aromatic N) is 1. The van der Waals surface area contributed by atoms with Gasteiger partial charge in [-0.3, -0.25) is 4.90 Å². The zero-order chi connectivity index (χ0) is 16.8. The molecule has 4 nitrogen and oxygen atoms in total. The average Bonchev–Trinajstić information content (AvgIpc) is 2.62. The molecule has 0 aliphatic carbocycles. The van der Waals surface area contributed by atoms with Gasteiger partial charge in [0.2, 0.25) is 0 Å². The van der Waals surface area contributed by atoms with E-state index in [1.165, 1.54) is 5.56 Å². The molecule has 0 bridgehead atoms. The molecule has 2 unspecified atom stereocenters. The highest BCUT2D eigenvalue weighted by atomic mass is 16.5. The Morgan fingerprint density at radius 1 is 1.12 bits per heavy atom. The van der Waals surface area contributed by atoms with E-state index in [1.54, 1.807) is 0 Å². The van der Waals surface area contributed by atoms with E-state index in [-0.39, 0.29) is 5.60 Å². The fourth-order valence-electron chi connectivity index (χ4n) is 3.13. The largest absolute Gasteiger partial charge is 0.491 e. The maximum Gasteiger partial charge on any atom is 0.119 e. The summed E-state index contributed by atoms with van der Waals surface area (Å²) in [6.45, 7) is 5.24. The Hall–Kier alpha value is -1.88. The van der Waals surface area contributed by atoms with Crippen LogP contribution in [0.15, 0.2) is 60.7 Å². The van der Waals surface area contributed by atoms with Crippen molar-refractivity contribution in [2.24, 2.45) is 0 Å². The van der Waals surface area contributed by atoms with Crippen LogP contribution in [0.4, 0.5) is 0 Å². The molecule has 0 amide bonds. The average molecular weight is 327 g/mol. The first-order chi connectivity index (χ1) is 11.7. The standard InChI is InChI=1S/C20H25NO3/c1-20(17-8-4-2-5-9-17)16-21(12-13-24-20)14-18(22)15-23-19-10-6-3-7-11-19/h2-11,18,22H,12-16H2,1H3. The van der Waals surface area contributed by atoms with Gasteiger partial charge in [-0.1, -0.05) is 48.5 Å². The Morgan fingerprint density at radius 3 is 2.50 bits per heavy atom. The first kappa shape index (κ1) is 17.0. The highest BCUT2D eigenvalue weighted by molar-refractivity contribution is 5.23. The highest BCUT2D eigenvalue weighted by Gasteiger charge is 2.34. The van der Waals surface area contributed by atoms with Crippen LogP contribution in [0.3, 0.4) is 0 Å². The van der Waals surface area contributed by atoms with Gasteiger partial charge >= 0.3 is 0 Å². The lowest BCUT2D eigenvalue weighted by atomic mass is 9.94. The second-order valence-electron chi connectivity index (χ2n) is 6.46. The van der Waals surface area contributed by atoms with Crippen molar-refractivity contribution in [2.45, 2.75) is 18.6 Å². The third-order valence-corrected chi connectivity index (χ3v) is 4.39. The van der Waals surface area contributed by atoms with E-state index in [1.807, 2.05) is 48.5 Å². The van der Waals surface area contributed by atoms with Gasteiger partial charge in [-0.15, -0.1) is 0 Å². The molecule has 1 saturated heterocycles. The van der Waals surface area contributed by atoms with Gasteiger partial charge in [-0.2, -0.15) is 0 Å². The van der Waals surface area contributed by atoms with Crippen LogP contribution in [0.25, 0.3) is 0 Å². The minimum absolute atomic E-state index is 0.295. The van der Waals surface area contributed by atoms with Crippen molar-refractivity contribution in [3.63, 3.8) is 0 Å². The number of ether oxygens (including phenoxy) is 2. The molecule has 0 spiro atoms. The van der Waals surface area contributed by atoms with Crippen molar-refractivity contribution in [2.75, 3.05) is 32.8 Å². The van der Waals surface area contributed by atoms with E-state index in [0.29, 0.717) is 19.8 Å². The van der Waals surface area contributed by atoms with Crippen LogP contribution in [0.2, 0.25) is 0 Å². The Morgan fingerprint density at radius 2 is 1.79 bits per heavy atom. The topological polar surface area (TPSA) is 41.9 Å². The van der Waals surface area contributed by atoms with Crippen LogP contribution >= 0.6 is 0 Å². The third-order valence-electron chi connectivity index (χ3n) is 4.39. The Kier molecular flexibility index (Phi) is 5.51. The SMILES string of the molecule is CC1(c2ccccc2)CN(CC(O)COc2ccccc2)CCO1. The van der Waals surface area contributed by atoms with Crippen molar-refractivity contribution in [3.8, 4) is 5.75 Å². The fraction of sp³-hybridized carbons (Fsp3) is 0.400. The van der Waals surface area contributed by atoms with E-state index >= 15 is 0 Å². The molecule has 2 atom stereocenters. The summed E-state index contributed by atoms with van der Waals surface area (Å²) in [6.07, 6.45) is -0.525. The third kappa shape index (κ3) is 4.35. The van der Waals surface area contributed by atoms with Crippen LogP contribution in [0, 0.1) is 0 Å². The molecular formula is C20H25NO3. The van der Waals surface area contributed by atoms with Gasteiger partial charge in [0.25, 0.3) is 0 Å². The molecule has 24 heavy (non-hydrogen) atoms. The summed E-state index contributed by atoms with van der Waals surface area (Å²) in [5, 5.41) is 10.3. The lowest BCUT2D eigenvalue weighted by Gasteiger charge is -2.41. The number of β-amino-alcohol motifs (C(OH)–C–C–N with tert-alkyl or cyclic N) is 1. The normalized spacial score (nSPS) is 22.9. The maximum atomic E-state index is 10.3. The summed E-state index contributed by atoms with van der Waals surface area (Å²) >= 11 is 0. The van der Waals surface area contributed by atoms with Crippen LogP contribution in [0.5, 0.6) is 5.75 Å². The zero-order valence-electron chi connectivity index (χ0n) is 14.1. The number of para-hydroxylation sites is 1. The Bertz CT molecular complexity index is 619. The number of benzene rings is 2. The Balaban J connectivity index is 1.53. The first-order valence-corrected chi connectivity index (χ1v) is 8.43. The van der Waals surface area contributed by atoms with E-state index < -0.39 is 6.10 Å². The lowest BCUT2D eigenvalue weighted by molar-refractivity contribution is -0.110. The van der Waals surface area contributed by atoms with Crippen LogP contribution in [-0.4, -0.2) is 49.0 Å². The highest BCUT2D eigenvalue weighted by Crippen LogP contribution is 2.29.